The van der Waals surface area contributed by atoms with Crippen molar-refractivity contribution in [2.45, 2.75) is 25.8 Å². The summed E-state index contributed by atoms with van der Waals surface area (Å²) in [5, 5.41) is 6.56. The number of likely N-dealkylation sites (tertiary alicyclic amines) is 1. The van der Waals surface area contributed by atoms with Crippen molar-refractivity contribution >= 4 is 33.7 Å². The van der Waals surface area contributed by atoms with Crippen molar-refractivity contribution in [3.8, 4) is 0 Å². The van der Waals surface area contributed by atoms with Gasteiger partial charge in [0.25, 0.3) is 5.91 Å². The molecule has 1 aromatic rings. The quantitative estimate of drug-likeness (QED) is 0.716. The number of Topliss-reactive ketones (excluding diaryl/α,β-unsaturated/α-hetero) is 1. The molecule has 0 spiro atoms. The van der Waals surface area contributed by atoms with Crippen LogP contribution in [0, 0.1) is 0 Å². The van der Waals surface area contributed by atoms with Gasteiger partial charge in [-0.15, -0.1) is 11.3 Å². The van der Waals surface area contributed by atoms with E-state index in [2.05, 4.69) is 22.6 Å². The Bertz CT molecular complexity index is 555. The summed E-state index contributed by atoms with van der Waals surface area (Å²) in [6.45, 7) is 3.31. The molecule has 21 heavy (non-hydrogen) atoms. The predicted molar refractivity (Wildman–Crippen MR) is 86.3 cm³/mol. The highest BCUT2D eigenvalue weighted by molar-refractivity contribution is 7.19. The maximum absolute atomic E-state index is 12.0. The predicted octanol–water partition coefficient (Wildman–Crippen LogP) is 1.40. The Morgan fingerprint density at radius 3 is 2.71 bits per heavy atom. The van der Waals surface area contributed by atoms with E-state index < -0.39 is 0 Å². The first-order valence-electron chi connectivity index (χ1n) is 7.05. The molecule has 0 radical (unpaired) electrons. The third kappa shape index (κ3) is 3.19. The molecule has 0 aromatic carbocycles. The Hall–Kier alpha value is -1.60. The Morgan fingerprint density at radius 2 is 2.19 bits per heavy atom. The number of nitrogens with two attached hydrogens (primary N) is 1. The Labute approximate surface area is 128 Å². The van der Waals surface area contributed by atoms with Crippen LogP contribution in [0.1, 0.15) is 39.8 Å². The van der Waals surface area contributed by atoms with Crippen molar-refractivity contribution in [2.24, 2.45) is 0 Å². The highest BCUT2D eigenvalue weighted by Gasteiger charge is 2.25. The van der Waals surface area contributed by atoms with Gasteiger partial charge in [-0.1, -0.05) is 0 Å². The number of rotatable bonds is 5. The van der Waals surface area contributed by atoms with Crippen LogP contribution in [0.25, 0.3) is 0 Å². The van der Waals surface area contributed by atoms with Crippen molar-refractivity contribution in [2.75, 3.05) is 38.2 Å². The number of ketones is 1. The lowest BCUT2D eigenvalue weighted by Crippen LogP contribution is -2.32. The monoisotopic (exact) mass is 310 g/mol. The summed E-state index contributed by atoms with van der Waals surface area (Å²) in [6, 6.07) is 0.451. The Balaban J connectivity index is 2.22. The van der Waals surface area contributed by atoms with Gasteiger partial charge < -0.3 is 21.3 Å². The number of carbonyl (C=O) groups is 2. The number of hydrogen-bond donors (Lipinski definition) is 3. The SMILES string of the molecule is CNC(=O)c1c(NCC2CCCN2C)sc(C(C)=O)c1N. The number of nitrogens with one attached hydrogen (secondary N) is 2. The summed E-state index contributed by atoms with van der Waals surface area (Å²) >= 11 is 1.26. The molecule has 1 aliphatic heterocycles. The van der Waals surface area contributed by atoms with E-state index in [1.54, 1.807) is 7.05 Å². The van der Waals surface area contributed by atoms with E-state index in [9.17, 15) is 9.59 Å². The first-order valence-corrected chi connectivity index (χ1v) is 7.86. The maximum Gasteiger partial charge on any atom is 0.256 e. The van der Waals surface area contributed by atoms with Gasteiger partial charge in [-0.3, -0.25) is 9.59 Å². The van der Waals surface area contributed by atoms with Crippen LogP contribution in [-0.4, -0.2) is 49.8 Å². The van der Waals surface area contributed by atoms with Gasteiger partial charge in [0.2, 0.25) is 0 Å². The minimum absolute atomic E-state index is 0.117. The molecule has 1 unspecified atom stereocenters. The van der Waals surface area contributed by atoms with Gasteiger partial charge in [0.15, 0.2) is 5.78 Å². The number of carbonyl (C=O) groups excluding carboxylic acids is 2. The minimum Gasteiger partial charge on any atom is -0.397 e. The second-order valence-corrected chi connectivity index (χ2v) is 6.36. The maximum atomic E-state index is 12.0. The first-order chi connectivity index (χ1) is 9.95. The normalized spacial score (nSPS) is 18.7. The summed E-state index contributed by atoms with van der Waals surface area (Å²) < 4.78 is 0. The number of thiophene rings is 1. The Morgan fingerprint density at radius 1 is 1.48 bits per heavy atom. The number of likely N-dealkylation sites (N-methyl/N-ethyl adjacent to an activating group) is 1. The van der Waals surface area contributed by atoms with Gasteiger partial charge in [0.05, 0.1) is 16.1 Å². The van der Waals surface area contributed by atoms with E-state index in [0.29, 0.717) is 21.5 Å². The van der Waals surface area contributed by atoms with Crippen LogP contribution in [-0.2, 0) is 0 Å². The molecule has 2 heterocycles. The summed E-state index contributed by atoms with van der Waals surface area (Å²) in [5.74, 6) is -0.382. The standard InChI is InChI=1S/C14H22N4O2S/c1-8(19)12-11(15)10(13(20)16-2)14(21-12)17-7-9-5-4-6-18(9)3/h9,17H,4-7,15H2,1-3H3,(H,16,20). The molecule has 1 atom stereocenters. The number of nitrogens with zero attached hydrogens (tertiary/aromatic N) is 1. The molecular weight excluding hydrogens is 288 g/mol. The number of amides is 1. The molecule has 7 heteroatoms. The minimum atomic E-state index is -0.265. The lowest BCUT2D eigenvalue weighted by atomic mass is 10.2. The third-order valence-electron chi connectivity index (χ3n) is 3.89. The smallest absolute Gasteiger partial charge is 0.256 e. The van der Waals surface area contributed by atoms with Crippen LogP contribution >= 0.6 is 11.3 Å². The van der Waals surface area contributed by atoms with Crippen LogP contribution < -0.4 is 16.4 Å². The van der Waals surface area contributed by atoms with Gasteiger partial charge >= 0.3 is 0 Å². The number of hydrogen-bond acceptors (Lipinski definition) is 6. The fourth-order valence-electron chi connectivity index (χ4n) is 2.63. The lowest BCUT2D eigenvalue weighted by Gasteiger charge is -2.20. The van der Waals surface area contributed by atoms with Crippen molar-refractivity contribution in [3.05, 3.63) is 10.4 Å². The van der Waals surface area contributed by atoms with Crippen molar-refractivity contribution in [1.82, 2.24) is 10.2 Å². The summed E-state index contributed by atoms with van der Waals surface area (Å²) in [5.41, 5.74) is 6.63. The van der Waals surface area contributed by atoms with Crippen molar-refractivity contribution in [3.63, 3.8) is 0 Å². The van der Waals surface area contributed by atoms with E-state index in [0.717, 1.165) is 19.5 Å². The summed E-state index contributed by atoms with van der Waals surface area (Å²) in [7, 11) is 3.66. The molecule has 4 N–H and O–H groups in total. The van der Waals surface area contributed by atoms with E-state index in [1.807, 2.05) is 0 Å². The molecule has 116 valence electrons. The molecular formula is C14H22N4O2S. The highest BCUT2D eigenvalue weighted by atomic mass is 32.1. The van der Waals surface area contributed by atoms with Gasteiger partial charge in [-0.25, -0.2) is 0 Å². The fourth-order valence-corrected chi connectivity index (χ4v) is 3.65. The topological polar surface area (TPSA) is 87.5 Å². The molecule has 1 aromatic heterocycles. The van der Waals surface area contributed by atoms with Crippen LogP contribution in [0.15, 0.2) is 0 Å². The largest absolute Gasteiger partial charge is 0.397 e. The molecule has 1 aliphatic rings. The second-order valence-electron chi connectivity index (χ2n) is 5.34. The van der Waals surface area contributed by atoms with Crippen LogP contribution in [0.4, 0.5) is 10.7 Å². The van der Waals surface area contributed by atoms with E-state index >= 15 is 0 Å². The van der Waals surface area contributed by atoms with Gasteiger partial charge in [-0.2, -0.15) is 0 Å². The van der Waals surface area contributed by atoms with Crippen molar-refractivity contribution < 1.29 is 9.59 Å². The Kier molecular flexibility index (Phi) is 4.84. The molecule has 0 aliphatic carbocycles. The van der Waals surface area contributed by atoms with Crippen LogP contribution in [0.2, 0.25) is 0 Å². The average molecular weight is 310 g/mol. The van der Waals surface area contributed by atoms with E-state index in [-0.39, 0.29) is 17.4 Å². The molecule has 0 bridgehead atoms. The number of nitrogen functional groups attached to an aromatic ring is 1. The third-order valence-corrected chi connectivity index (χ3v) is 5.15. The fraction of sp³-hybridized carbons (Fsp3) is 0.571. The summed E-state index contributed by atoms with van der Waals surface area (Å²) in [6.07, 6.45) is 2.33. The number of anilines is 2. The summed E-state index contributed by atoms with van der Waals surface area (Å²) in [4.78, 5) is 26.4. The van der Waals surface area contributed by atoms with Gasteiger partial charge in [-0.05, 0) is 26.4 Å². The molecule has 6 nitrogen and oxygen atoms in total. The van der Waals surface area contributed by atoms with E-state index in [4.69, 9.17) is 5.73 Å². The van der Waals surface area contributed by atoms with Gasteiger partial charge in [0.1, 0.15) is 5.00 Å². The second kappa shape index (κ2) is 6.44. The molecule has 1 amide bonds. The molecule has 0 saturated carbocycles. The highest BCUT2D eigenvalue weighted by Crippen LogP contribution is 2.36. The average Bonchev–Trinajstić information content (AvgIpc) is 2.99. The van der Waals surface area contributed by atoms with Gasteiger partial charge in [0, 0.05) is 26.6 Å². The molecule has 1 saturated heterocycles. The zero-order chi connectivity index (χ0) is 15.6. The van der Waals surface area contributed by atoms with E-state index in [1.165, 1.54) is 24.7 Å². The molecule has 2 rings (SSSR count). The zero-order valence-corrected chi connectivity index (χ0v) is 13.5. The lowest BCUT2D eigenvalue weighted by molar-refractivity contribution is 0.0965. The van der Waals surface area contributed by atoms with Crippen molar-refractivity contribution in [1.29, 1.82) is 0 Å². The van der Waals surface area contributed by atoms with Crippen LogP contribution in [0.3, 0.4) is 0 Å². The first kappa shape index (κ1) is 15.8. The zero-order valence-electron chi connectivity index (χ0n) is 12.7. The molecule has 1 fully saturated rings. The van der Waals surface area contributed by atoms with Crippen LogP contribution in [0.5, 0.6) is 0 Å².